The summed E-state index contributed by atoms with van der Waals surface area (Å²) in [6.07, 6.45) is 0.946. The van der Waals surface area contributed by atoms with E-state index in [4.69, 9.17) is 0 Å². The summed E-state index contributed by atoms with van der Waals surface area (Å²) in [4.78, 5) is 16.9. The van der Waals surface area contributed by atoms with Gasteiger partial charge < -0.3 is 9.80 Å². The molecule has 136 valence electrons. The zero-order chi connectivity index (χ0) is 18.5. The van der Waals surface area contributed by atoms with Gasteiger partial charge in [-0.25, -0.2) is 0 Å². The first-order valence-corrected chi connectivity index (χ1v) is 9.52. The van der Waals surface area contributed by atoms with Crippen LogP contribution in [0.25, 0.3) is 0 Å². The minimum atomic E-state index is 0.132. The van der Waals surface area contributed by atoms with Crippen LogP contribution in [0.4, 0.5) is 5.69 Å². The normalized spacial score (nSPS) is 14.2. The molecular weight excluding hydrogens is 332 g/mol. The fourth-order valence-corrected chi connectivity index (χ4v) is 3.63. The Morgan fingerprint density at radius 1 is 0.704 bits per heavy atom. The summed E-state index contributed by atoms with van der Waals surface area (Å²) in [7, 11) is 0. The number of benzene rings is 3. The zero-order valence-corrected chi connectivity index (χ0v) is 15.4. The third kappa shape index (κ3) is 4.20. The number of amides is 1. The van der Waals surface area contributed by atoms with Gasteiger partial charge in [0.25, 0.3) is 5.91 Å². The number of hydrogen-bond donors (Lipinski definition) is 0. The number of anilines is 1. The molecule has 0 N–H and O–H groups in total. The van der Waals surface area contributed by atoms with Crippen LogP contribution in [0.15, 0.2) is 84.9 Å². The highest BCUT2D eigenvalue weighted by atomic mass is 16.2. The summed E-state index contributed by atoms with van der Waals surface area (Å²) in [6.45, 7) is 3.26. The molecule has 3 aromatic carbocycles. The highest BCUT2D eigenvalue weighted by molar-refractivity contribution is 5.94. The van der Waals surface area contributed by atoms with Crippen LogP contribution in [0.1, 0.15) is 21.5 Å². The number of carbonyl (C=O) groups excluding carboxylic acids is 1. The van der Waals surface area contributed by atoms with Crippen molar-refractivity contribution in [1.29, 1.82) is 0 Å². The largest absolute Gasteiger partial charge is 0.368 e. The second kappa shape index (κ2) is 8.09. The Hall–Kier alpha value is -3.07. The summed E-state index contributed by atoms with van der Waals surface area (Å²) in [5.74, 6) is 0.132. The molecule has 0 bridgehead atoms. The SMILES string of the molecule is O=C(c1ccccc1)N1CCN(c2cccc(Cc3ccccc3)c2)CC1. The van der Waals surface area contributed by atoms with Crippen molar-refractivity contribution in [3.63, 3.8) is 0 Å². The van der Waals surface area contributed by atoms with Crippen molar-refractivity contribution < 1.29 is 4.79 Å². The van der Waals surface area contributed by atoms with Crippen molar-refractivity contribution in [1.82, 2.24) is 4.90 Å². The van der Waals surface area contributed by atoms with Crippen LogP contribution in [0, 0.1) is 0 Å². The lowest BCUT2D eigenvalue weighted by Gasteiger charge is -2.36. The first kappa shape index (κ1) is 17.3. The smallest absolute Gasteiger partial charge is 0.253 e. The Bertz CT molecular complexity index is 885. The molecule has 0 unspecified atom stereocenters. The lowest BCUT2D eigenvalue weighted by atomic mass is 10.0. The third-order valence-corrected chi connectivity index (χ3v) is 5.11. The number of nitrogens with zero attached hydrogens (tertiary/aromatic N) is 2. The first-order chi connectivity index (χ1) is 13.3. The maximum Gasteiger partial charge on any atom is 0.253 e. The van der Waals surface area contributed by atoms with E-state index >= 15 is 0 Å². The van der Waals surface area contributed by atoms with E-state index in [1.807, 2.05) is 35.2 Å². The zero-order valence-electron chi connectivity index (χ0n) is 15.4. The second-order valence-corrected chi connectivity index (χ2v) is 6.98. The number of carbonyl (C=O) groups is 1. The summed E-state index contributed by atoms with van der Waals surface area (Å²) in [5, 5.41) is 0. The topological polar surface area (TPSA) is 23.6 Å². The molecule has 1 heterocycles. The molecule has 1 amide bonds. The lowest BCUT2D eigenvalue weighted by Crippen LogP contribution is -2.48. The van der Waals surface area contributed by atoms with Crippen molar-refractivity contribution in [2.45, 2.75) is 6.42 Å². The molecular formula is C24H24N2O. The maximum atomic E-state index is 12.6. The van der Waals surface area contributed by atoms with Gasteiger partial charge in [-0.3, -0.25) is 4.79 Å². The Balaban J connectivity index is 1.40. The van der Waals surface area contributed by atoms with Gasteiger partial charge in [0.2, 0.25) is 0 Å². The fraction of sp³-hybridized carbons (Fsp3) is 0.208. The third-order valence-electron chi connectivity index (χ3n) is 5.11. The molecule has 4 rings (SSSR count). The van der Waals surface area contributed by atoms with Crippen LogP contribution in [0.3, 0.4) is 0 Å². The van der Waals surface area contributed by atoms with E-state index in [0.717, 1.165) is 38.2 Å². The van der Waals surface area contributed by atoms with Crippen LogP contribution < -0.4 is 4.90 Å². The van der Waals surface area contributed by atoms with E-state index in [2.05, 4.69) is 59.5 Å². The van der Waals surface area contributed by atoms with E-state index in [0.29, 0.717) is 0 Å². The molecule has 3 nitrogen and oxygen atoms in total. The Kier molecular flexibility index (Phi) is 5.20. The monoisotopic (exact) mass is 356 g/mol. The highest BCUT2D eigenvalue weighted by Gasteiger charge is 2.22. The number of rotatable bonds is 4. The average molecular weight is 356 g/mol. The predicted octanol–water partition coefficient (Wildman–Crippen LogP) is 4.24. The van der Waals surface area contributed by atoms with Gasteiger partial charge in [0, 0.05) is 37.4 Å². The molecule has 0 aliphatic carbocycles. The molecule has 1 fully saturated rings. The summed E-state index contributed by atoms with van der Waals surface area (Å²) in [5.41, 5.74) is 4.67. The predicted molar refractivity (Wildman–Crippen MR) is 110 cm³/mol. The first-order valence-electron chi connectivity index (χ1n) is 9.52. The van der Waals surface area contributed by atoms with E-state index in [1.165, 1.54) is 16.8 Å². The molecule has 27 heavy (non-hydrogen) atoms. The molecule has 3 aromatic rings. The van der Waals surface area contributed by atoms with Gasteiger partial charge in [0.05, 0.1) is 0 Å². The van der Waals surface area contributed by atoms with Crippen LogP contribution in [0.2, 0.25) is 0 Å². The molecule has 0 radical (unpaired) electrons. The van der Waals surface area contributed by atoms with E-state index in [1.54, 1.807) is 0 Å². The van der Waals surface area contributed by atoms with Crippen LogP contribution in [0.5, 0.6) is 0 Å². The summed E-state index contributed by atoms with van der Waals surface area (Å²) >= 11 is 0. The Labute approximate surface area is 160 Å². The van der Waals surface area contributed by atoms with Gasteiger partial charge in [0.15, 0.2) is 0 Å². The standard InChI is InChI=1S/C24H24N2O/c27-24(22-11-5-2-6-12-22)26-16-14-25(15-17-26)23-13-7-10-21(19-23)18-20-8-3-1-4-9-20/h1-13,19H,14-18H2. The molecule has 3 heteroatoms. The van der Waals surface area contributed by atoms with Crippen LogP contribution in [-0.2, 0) is 6.42 Å². The van der Waals surface area contributed by atoms with Gasteiger partial charge in [-0.2, -0.15) is 0 Å². The van der Waals surface area contributed by atoms with Gasteiger partial charge in [-0.1, -0.05) is 60.7 Å². The van der Waals surface area contributed by atoms with Gasteiger partial charge in [-0.15, -0.1) is 0 Å². The fourth-order valence-electron chi connectivity index (χ4n) is 3.63. The summed E-state index contributed by atoms with van der Waals surface area (Å²) in [6, 6.07) is 28.9. The van der Waals surface area contributed by atoms with Crippen molar-refractivity contribution in [2.75, 3.05) is 31.1 Å². The molecule has 1 aliphatic rings. The molecule has 0 aromatic heterocycles. The minimum absolute atomic E-state index is 0.132. The minimum Gasteiger partial charge on any atom is -0.368 e. The number of piperazine rings is 1. The summed E-state index contributed by atoms with van der Waals surface area (Å²) < 4.78 is 0. The molecule has 0 spiro atoms. The number of hydrogen-bond acceptors (Lipinski definition) is 2. The van der Waals surface area contributed by atoms with Gasteiger partial charge in [0.1, 0.15) is 0 Å². The molecule has 1 saturated heterocycles. The Morgan fingerprint density at radius 2 is 1.33 bits per heavy atom. The van der Waals surface area contributed by atoms with E-state index < -0.39 is 0 Å². The quantitative estimate of drug-likeness (QED) is 0.698. The second-order valence-electron chi connectivity index (χ2n) is 6.98. The van der Waals surface area contributed by atoms with Gasteiger partial charge in [-0.05, 0) is 41.8 Å². The maximum absolute atomic E-state index is 12.6. The molecule has 1 aliphatic heterocycles. The Morgan fingerprint density at radius 3 is 2.04 bits per heavy atom. The van der Waals surface area contributed by atoms with Crippen molar-refractivity contribution >= 4 is 11.6 Å². The molecule has 0 saturated carbocycles. The van der Waals surface area contributed by atoms with Crippen molar-refractivity contribution in [3.05, 3.63) is 102 Å². The lowest BCUT2D eigenvalue weighted by molar-refractivity contribution is 0.0747. The van der Waals surface area contributed by atoms with Crippen molar-refractivity contribution in [2.24, 2.45) is 0 Å². The van der Waals surface area contributed by atoms with Crippen molar-refractivity contribution in [3.8, 4) is 0 Å². The molecule has 0 atom stereocenters. The average Bonchev–Trinajstić information content (AvgIpc) is 2.75. The van der Waals surface area contributed by atoms with E-state index in [-0.39, 0.29) is 5.91 Å². The van der Waals surface area contributed by atoms with E-state index in [9.17, 15) is 4.79 Å². The van der Waals surface area contributed by atoms with Crippen LogP contribution >= 0.6 is 0 Å². The van der Waals surface area contributed by atoms with Gasteiger partial charge >= 0.3 is 0 Å². The van der Waals surface area contributed by atoms with Crippen LogP contribution in [-0.4, -0.2) is 37.0 Å². The highest BCUT2D eigenvalue weighted by Crippen LogP contribution is 2.20.